The largest absolute Gasteiger partial charge is 0.478 e. The Morgan fingerprint density at radius 1 is 1.04 bits per heavy atom. The Hall–Kier alpha value is -3.21. The van der Waals surface area contributed by atoms with Crippen molar-refractivity contribution in [2.24, 2.45) is 0 Å². The third-order valence-electron chi connectivity index (χ3n) is 2.97. The summed E-state index contributed by atoms with van der Waals surface area (Å²) in [4.78, 5) is 26.2. The molecule has 1 aromatic heterocycles. The molecule has 0 aliphatic heterocycles. The van der Waals surface area contributed by atoms with E-state index < -0.39 is 5.97 Å². The summed E-state index contributed by atoms with van der Waals surface area (Å²) in [7, 11) is 0. The molecule has 0 saturated heterocycles. The van der Waals surface area contributed by atoms with Crippen LogP contribution in [0.15, 0.2) is 60.9 Å². The zero-order chi connectivity index (χ0) is 16.5. The molecule has 0 unspecified atom stereocenters. The van der Waals surface area contributed by atoms with Crippen molar-refractivity contribution in [1.82, 2.24) is 10.3 Å². The van der Waals surface area contributed by atoms with E-state index in [-0.39, 0.29) is 5.91 Å². The summed E-state index contributed by atoms with van der Waals surface area (Å²) in [5.74, 6) is -1.18. The van der Waals surface area contributed by atoms with Gasteiger partial charge in [0.1, 0.15) is 0 Å². The summed E-state index contributed by atoms with van der Waals surface area (Å²) < 4.78 is 0. The first-order chi connectivity index (χ1) is 11.1. The van der Waals surface area contributed by atoms with Crippen molar-refractivity contribution in [3.05, 3.63) is 77.6 Å². The maximum Gasteiger partial charge on any atom is 0.328 e. The van der Waals surface area contributed by atoms with Crippen molar-refractivity contribution in [2.75, 3.05) is 0 Å². The molecule has 2 rings (SSSR count). The molecule has 1 aromatic carbocycles. The van der Waals surface area contributed by atoms with Gasteiger partial charge in [-0.25, -0.2) is 4.79 Å². The number of rotatable bonds is 6. The van der Waals surface area contributed by atoms with Gasteiger partial charge >= 0.3 is 5.97 Å². The quantitative estimate of drug-likeness (QED) is 0.804. The Balaban J connectivity index is 1.87. The zero-order valence-electron chi connectivity index (χ0n) is 12.3. The average Bonchev–Trinajstić information content (AvgIpc) is 2.58. The predicted molar refractivity (Wildman–Crippen MR) is 88.2 cm³/mol. The molecule has 0 radical (unpaired) electrons. The normalized spacial score (nSPS) is 11.0. The number of pyridine rings is 1. The predicted octanol–water partition coefficient (Wildman–Crippen LogP) is 2.51. The van der Waals surface area contributed by atoms with Crippen LogP contribution in [-0.2, 0) is 16.1 Å². The lowest BCUT2D eigenvalue weighted by Gasteiger charge is -2.01. The van der Waals surface area contributed by atoms with E-state index in [0.29, 0.717) is 6.54 Å². The molecule has 2 N–H and O–H groups in total. The van der Waals surface area contributed by atoms with E-state index in [0.717, 1.165) is 22.8 Å². The van der Waals surface area contributed by atoms with Crippen LogP contribution in [0.25, 0.3) is 12.2 Å². The number of carbonyl (C=O) groups excluding carboxylic acids is 1. The lowest BCUT2D eigenvalue weighted by molar-refractivity contribution is -0.131. The van der Waals surface area contributed by atoms with Crippen molar-refractivity contribution < 1.29 is 14.7 Å². The number of nitrogens with zero attached hydrogens (tertiary/aromatic N) is 1. The summed E-state index contributed by atoms with van der Waals surface area (Å²) in [5, 5.41) is 11.3. The lowest BCUT2D eigenvalue weighted by atomic mass is 10.1. The first-order valence-electron chi connectivity index (χ1n) is 6.99. The van der Waals surface area contributed by atoms with Crippen molar-refractivity contribution >= 4 is 24.0 Å². The van der Waals surface area contributed by atoms with Gasteiger partial charge in [0, 0.05) is 31.1 Å². The van der Waals surface area contributed by atoms with Crippen LogP contribution in [0, 0.1) is 0 Å². The molecule has 23 heavy (non-hydrogen) atoms. The summed E-state index contributed by atoms with van der Waals surface area (Å²) in [6.45, 7) is 0.427. The van der Waals surface area contributed by atoms with Crippen LogP contribution in [0.5, 0.6) is 0 Å². The zero-order valence-corrected chi connectivity index (χ0v) is 12.3. The third kappa shape index (κ3) is 5.97. The van der Waals surface area contributed by atoms with E-state index in [1.165, 1.54) is 12.2 Å². The molecule has 0 aliphatic rings. The van der Waals surface area contributed by atoms with Gasteiger partial charge in [-0.1, -0.05) is 30.3 Å². The Morgan fingerprint density at radius 3 is 2.26 bits per heavy atom. The number of carboxylic acid groups (broad SMARTS) is 1. The smallest absolute Gasteiger partial charge is 0.328 e. The highest BCUT2D eigenvalue weighted by atomic mass is 16.4. The maximum atomic E-state index is 11.7. The first-order valence-corrected chi connectivity index (χ1v) is 6.99. The molecule has 0 bridgehead atoms. The summed E-state index contributed by atoms with van der Waals surface area (Å²) in [6.07, 6.45) is 9.13. The van der Waals surface area contributed by atoms with Gasteiger partial charge in [0.15, 0.2) is 0 Å². The Bertz CT molecular complexity index is 720. The summed E-state index contributed by atoms with van der Waals surface area (Å²) in [5.41, 5.74) is 2.57. The van der Waals surface area contributed by atoms with Gasteiger partial charge in [0.05, 0.1) is 0 Å². The van der Waals surface area contributed by atoms with Gasteiger partial charge in [-0.15, -0.1) is 0 Å². The van der Waals surface area contributed by atoms with Crippen LogP contribution in [-0.4, -0.2) is 22.0 Å². The Kier molecular flexibility index (Phi) is 5.82. The second-order valence-corrected chi connectivity index (χ2v) is 4.75. The molecular formula is C18H16N2O3. The molecule has 1 heterocycles. The van der Waals surface area contributed by atoms with Crippen LogP contribution in [0.2, 0.25) is 0 Å². The van der Waals surface area contributed by atoms with Gasteiger partial charge in [0.25, 0.3) is 0 Å². The van der Waals surface area contributed by atoms with Gasteiger partial charge in [0.2, 0.25) is 5.91 Å². The number of hydrogen-bond donors (Lipinski definition) is 2. The molecule has 5 heteroatoms. The van der Waals surface area contributed by atoms with Crippen molar-refractivity contribution in [2.45, 2.75) is 6.54 Å². The molecule has 1 amide bonds. The van der Waals surface area contributed by atoms with E-state index in [1.54, 1.807) is 30.6 Å². The molecule has 5 nitrogen and oxygen atoms in total. The second kappa shape index (κ2) is 8.29. The Morgan fingerprint density at radius 2 is 1.70 bits per heavy atom. The summed E-state index contributed by atoms with van der Waals surface area (Å²) in [6, 6.07) is 10.9. The third-order valence-corrected chi connectivity index (χ3v) is 2.97. The topological polar surface area (TPSA) is 79.3 Å². The number of carbonyl (C=O) groups is 2. The molecule has 0 aliphatic carbocycles. The first kappa shape index (κ1) is 16.2. The minimum Gasteiger partial charge on any atom is -0.478 e. The highest BCUT2D eigenvalue weighted by Crippen LogP contribution is 2.07. The van der Waals surface area contributed by atoms with E-state index in [1.807, 2.05) is 24.3 Å². The molecule has 0 fully saturated rings. The van der Waals surface area contributed by atoms with Gasteiger partial charge in [-0.05, 0) is 34.9 Å². The monoisotopic (exact) mass is 308 g/mol. The number of carboxylic acids is 1. The molecular weight excluding hydrogens is 292 g/mol. The number of aliphatic carboxylic acids is 1. The fourth-order valence-corrected chi connectivity index (χ4v) is 1.81. The van der Waals surface area contributed by atoms with E-state index in [4.69, 9.17) is 5.11 Å². The average molecular weight is 308 g/mol. The summed E-state index contributed by atoms with van der Waals surface area (Å²) >= 11 is 0. The van der Waals surface area contributed by atoms with E-state index in [9.17, 15) is 9.59 Å². The molecule has 116 valence electrons. The van der Waals surface area contributed by atoms with Crippen molar-refractivity contribution in [1.29, 1.82) is 0 Å². The van der Waals surface area contributed by atoms with Gasteiger partial charge < -0.3 is 10.4 Å². The number of amides is 1. The lowest BCUT2D eigenvalue weighted by Crippen LogP contribution is -2.20. The SMILES string of the molecule is O=C(O)/C=C/c1ccc(/C=C/C(=O)NCc2cccnc2)cc1. The van der Waals surface area contributed by atoms with Crippen molar-refractivity contribution in [3.63, 3.8) is 0 Å². The minimum absolute atomic E-state index is 0.191. The number of nitrogens with one attached hydrogen (secondary N) is 1. The fourth-order valence-electron chi connectivity index (χ4n) is 1.81. The highest BCUT2D eigenvalue weighted by molar-refractivity contribution is 5.91. The molecule has 0 atom stereocenters. The van der Waals surface area contributed by atoms with Crippen LogP contribution in [0.3, 0.4) is 0 Å². The molecule has 2 aromatic rings. The highest BCUT2D eigenvalue weighted by Gasteiger charge is 1.97. The van der Waals surface area contributed by atoms with Crippen LogP contribution < -0.4 is 5.32 Å². The van der Waals surface area contributed by atoms with E-state index in [2.05, 4.69) is 10.3 Å². The number of hydrogen-bond acceptors (Lipinski definition) is 3. The van der Waals surface area contributed by atoms with Crippen LogP contribution in [0.4, 0.5) is 0 Å². The minimum atomic E-state index is -0.987. The van der Waals surface area contributed by atoms with Gasteiger partial charge in [-0.2, -0.15) is 0 Å². The van der Waals surface area contributed by atoms with Crippen molar-refractivity contribution in [3.8, 4) is 0 Å². The second-order valence-electron chi connectivity index (χ2n) is 4.75. The van der Waals surface area contributed by atoms with Gasteiger partial charge in [-0.3, -0.25) is 9.78 Å². The Labute approximate surface area is 134 Å². The number of aromatic nitrogens is 1. The van der Waals surface area contributed by atoms with Crippen LogP contribution in [0.1, 0.15) is 16.7 Å². The molecule has 0 saturated carbocycles. The molecule has 0 spiro atoms. The maximum absolute atomic E-state index is 11.7. The standard InChI is InChI=1S/C18H16N2O3/c21-17(20-13-16-2-1-11-19-12-16)9-7-14-3-5-15(6-4-14)8-10-18(22)23/h1-12H,13H2,(H,20,21)(H,22,23)/b9-7+,10-8+. The van der Waals surface area contributed by atoms with E-state index >= 15 is 0 Å². The van der Waals surface area contributed by atoms with Crippen LogP contribution >= 0.6 is 0 Å². The fraction of sp³-hybridized carbons (Fsp3) is 0.0556. The number of benzene rings is 1.